The molecule has 1 rings (SSSR count). The van der Waals surface area contributed by atoms with Crippen molar-refractivity contribution in [2.45, 2.75) is 95.4 Å². The molecule has 1 atom stereocenters. The van der Waals surface area contributed by atoms with Gasteiger partial charge in [0.15, 0.2) is 0 Å². The van der Waals surface area contributed by atoms with E-state index in [-0.39, 0.29) is 11.3 Å². The van der Waals surface area contributed by atoms with Crippen molar-refractivity contribution in [1.82, 2.24) is 4.72 Å². The van der Waals surface area contributed by atoms with Gasteiger partial charge >= 0.3 is 5.97 Å². The molecule has 5 nitrogen and oxygen atoms in total. The number of aliphatic carboxylic acids is 1. The monoisotopic (exact) mass is 397 g/mol. The van der Waals surface area contributed by atoms with Crippen LogP contribution in [-0.4, -0.2) is 25.5 Å². The number of carboxylic acid groups (broad SMARTS) is 1. The van der Waals surface area contributed by atoms with Crippen LogP contribution in [0, 0.1) is 0 Å². The van der Waals surface area contributed by atoms with Crippen molar-refractivity contribution in [2.24, 2.45) is 0 Å². The van der Waals surface area contributed by atoms with Crippen LogP contribution in [0.4, 0.5) is 0 Å². The Labute approximate surface area is 164 Å². The van der Waals surface area contributed by atoms with Gasteiger partial charge in [0.1, 0.15) is 0 Å². The van der Waals surface area contributed by atoms with Crippen molar-refractivity contribution in [3.63, 3.8) is 0 Å². The highest BCUT2D eigenvalue weighted by atomic mass is 32.2. The first kappa shape index (κ1) is 23.6. The summed E-state index contributed by atoms with van der Waals surface area (Å²) >= 11 is 0. The molecule has 0 spiro atoms. The van der Waals surface area contributed by atoms with Gasteiger partial charge in [-0.25, -0.2) is 13.1 Å². The predicted molar refractivity (Wildman–Crippen MR) is 109 cm³/mol. The van der Waals surface area contributed by atoms with Gasteiger partial charge in [0.2, 0.25) is 10.0 Å². The number of hydrogen-bond acceptors (Lipinski definition) is 3. The molecular weight excluding hydrogens is 362 g/mol. The van der Waals surface area contributed by atoms with Crippen molar-refractivity contribution in [3.05, 3.63) is 29.8 Å². The molecule has 0 saturated heterocycles. The first-order valence-corrected chi connectivity index (χ1v) is 11.7. The number of unbranched alkanes of at least 4 members (excludes halogenated alkanes) is 7. The van der Waals surface area contributed by atoms with Gasteiger partial charge in [0.25, 0.3) is 0 Å². The van der Waals surface area contributed by atoms with Gasteiger partial charge in [-0.1, -0.05) is 70.9 Å². The van der Waals surface area contributed by atoms with Gasteiger partial charge in [0, 0.05) is 6.04 Å². The van der Waals surface area contributed by atoms with Gasteiger partial charge in [-0.2, -0.15) is 0 Å². The molecule has 0 amide bonds. The van der Waals surface area contributed by atoms with E-state index in [0.717, 1.165) is 18.4 Å². The van der Waals surface area contributed by atoms with Gasteiger partial charge in [-0.05, 0) is 37.0 Å². The molecule has 0 aromatic heterocycles. The molecule has 6 heteroatoms. The molecule has 0 unspecified atom stereocenters. The number of nitrogens with one attached hydrogen (secondary N) is 1. The predicted octanol–water partition coefficient (Wildman–Crippen LogP) is 4.90. The molecular formula is C21H35NO4S. The van der Waals surface area contributed by atoms with E-state index >= 15 is 0 Å². The number of hydrogen-bond donors (Lipinski definition) is 2. The third-order valence-corrected chi connectivity index (χ3v) is 6.32. The van der Waals surface area contributed by atoms with Crippen LogP contribution in [-0.2, 0) is 21.2 Å². The van der Waals surface area contributed by atoms with Crippen LogP contribution in [0.25, 0.3) is 0 Å². The number of aryl methyl sites for hydroxylation is 1. The molecule has 0 aliphatic rings. The zero-order valence-corrected chi connectivity index (χ0v) is 17.6. The van der Waals surface area contributed by atoms with Gasteiger partial charge in [-0.15, -0.1) is 0 Å². The smallest absolute Gasteiger partial charge is 0.304 e. The van der Waals surface area contributed by atoms with E-state index in [1.165, 1.54) is 44.9 Å². The summed E-state index contributed by atoms with van der Waals surface area (Å²) in [6, 6.07) is 6.33. The quantitative estimate of drug-likeness (QED) is 0.412. The number of rotatable bonds is 15. The standard InChI is InChI=1S/C21H35NO4S/c1-3-5-6-7-8-9-10-11-12-18-13-15-20(16-14-18)27(25,26)22-19(4-2)17-21(23)24/h13-16,19,22H,3-12,17H2,1-2H3,(H,23,24)/t19-/m0/s1. The van der Waals surface area contributed by atoms with Crippen molar-refractivity contribution >= 4 is 16.0 Å². The lowest BCUT2D eigenvalue weighted by Gasteiger charge is -2.15. The second kappa shape index (κ2) is 12.9. The molecule has 1 aromatic carbocycles. The van der Waals surface area contributed by atoms with Gasteiger partial charge in [0.05, 0.1) is 11.3 Å². The van der Waals surface area contributed by atoms with E-state index in [2.05, 4.69) is 11.6 Å². The molecule has 2 N–H and O–H groups in total. The number of carbonyl (C=O) groups is 1. The molecule has 0 saturated carbocycles. The summed E-state index contributed by atoms with van der Waals surface area (Å²) in [7, 11) is -3.69. The maximum atomic E-state index is 12.4. The maximum absolute atomic E-state index is 12.4. The lowest BCUT2D eigenvalue weighted by molar-refractivity contribution is -0.137. The summed E-state index contributed by atoms with van der Waals surface area (Å²) in [4.78, 5) is 11.0. The summed E-state index contributed by atoms with van der Waals surface area (Å²) in [5.74, 6) is -1.01. The van der Waals surface area contributed by atoms with Crippen molar-refractivity contribution in [1.29, 1.82) is 0 Å². The van der Waals surface area contributed by atoms with Crippen LogP contribution in [0.5, 0.6) is 0 Å². The zero-order chi connectivity index (χ0) is 20.1. The fourth-order valence-electron chi connectivity index (χ4n) is 3.07. The summed E-state index contributed by atoms with van der Waals surface area (Å²) in [5, 5.41) is 8.86. The summed E-state index contributed by atoms with van der Waals surface area (Å²) < 4.78 is 27.3. The average Bonchev–Trinajstić information content (AvgIpc) is 2.63. The Morgan fingerprint density at radius 2 is 1.52 bits per heavy atom. The van der Waals surface area contributed by atoms with E-state index in [1.807, 2.05) is 12.1 Å². The number of benzene rings is 1. The minimum atomic E-state index is -3.69. The third-order valence-electron chi connectivity index (χ3n) is 4.79. The molecule has 27 heavy (non-hydrogen) atoms. The van der Waals surface area contributed by atoms with Crippen LogP contribution in [0.1, 0.15) is 83.6 Å². The Hall–Kier alpha value is -1.40. The number of sulfonamides is 1. The molecule has 0 heterocycles. The molecule has 0 aliphatic heterocycles. The molecule has 0 bridgehead atoms. The minimum Gasteiger partial charge on any atom is -0.481 e. The zero-order valence-electron chi connectivity index (χ0n) is 16.7. The van der Waals surface area contributed by atoms with Gasteiger partial charge < -0.3 is 5.11 Å². The number of carboxylic acids is 1. The Balaban J connectivity index is 2.42. The topological polar surface area (TPSA) is 83.5 Å². The highest BCUT2D eigenvalue weighted by Gasteiger charge is 2.20. The minimum absolute atomic E-state index is 0.186. The lowest BCUT2D eigenvalue weighted by Crippen LogP contribution is -2.36. The SMILES string of the molecule is CCCCCCCCCCc1ccc(S(=O)(=O)N[C@@H](CC)CC(=O)O)cc1. The third kappa shape index (κ3) is 9.91. The largest absolute Gasteiger partial charge is 0.481 e. The molecule has 0 aliphatic carbocycles. The van der Waals surface area contributed by atoms with Crippen molar-refractivity contribution < 1.29 is 18.3 Å². The van der Waals surface area contributed by atoms with Crippen molar-refractivity contribution in [2.75, 3.05) is 0 Å². The molecule has 1 aromatic rings. The molecule has 0 radical (unpaired) electrons. The Morgan fingerprint density at radius 3 is 2.04 bits per heavy atom. The second-order valence-electron chi connectivity index (χ2n) is 7.19. The highest BCUT2D eigenvalue weighted by Crippen LogP contribution is 2.15. The summed E-state index contributed by atoms with van der Waals surface area (Å²) in [6.07, 6.45) is 11.3. The van der Waals surface area contributed by atoms with Crippen LogP contribution >= 0.6 is 0 Å². The normalized spacial score (nSPS) is 12.8. The fraction of sp³-hybridized carbons (Fsp3) is 0.667. The molecule has 154 valence electrons. The van der Waals surface area contributed by atoms with Crippen LogP contribution in [0.3, 0.4) is 0 Å². The lowest BCUT2D eigenvalue weighted by atomic mass is 10.0. The van der Waals surface area contributed by atoms with E-state index < -0.39 is 22.0 Å². The van der Waals surface area contributed by atoms with E-state index in [0.29, 0.717) is 6.42 Å². The van der Waals surface area contributed by atoms with Crippen LogP contribution in [0.15, 0.2) is 29.2 Å². The Morgan fingerprint density at radius 1 is 0.963 bits per heavy atom. The highest BCUT2D eigenvalue weighted by molar-refractivity contribution is 7.89. The van der Waals surface area contributed by atoms with Crippen LogP contribution in [0.2, 0.25) is 0 Å². The first-order chi connectivity index (χ1) is 12.9. The average molecular weight is 398 g/mol. The van der Waals surface area contributed by atoms with E-state index in [9.17, 15) is 13.2 Å². The van der Waals surface area contributed by atoms with Crippen LogP contribution < -0.4 is 4.72 Å². The fourth-order valence-corrected chi connectivity index (χ4v) is 4.39. The first-order valence-electron chi connectivity index (χ1n) is 10.2. The molecule has 0 fully saturated rings. The van der Waals surface area contributed by atoms with E-state index in [1.54, 1.807) is 19.1 Å². The second-order valence-corrected chi connectivity index (χ2v) is 8.91. The van der Waals surface area contributed by atoms with Crippen molar-refractivity contribution in [3.8, 4) is 0 Å². The van der Waals surface area contributed by atoms with Gasteiger partial charge in [-0.3, -0.25) is 4.79 Å². The summed E-state index contributed by atoms with van der Waals surface area (Å²) in [6.45, 7) is 3.99. The summed E-state index contributed by atoms with van der Waals surface area (Å²) in [5.41, 5.74) is 1.14. The Bertz CT molecular complexity index is 641. The van der Waals surface area contributed by atoms with E-state index in [4.69, 9.17) is 5.11 Å². The maximum Gasteiger partial charge on any atom is 0.304 e. The Kier molecular flexibility index (Phi) is 11.3.